The van der Waals surface area contributed by atoms with Crippen molar-refractivity contribution in [1.29, 1.82) is 0 Å². The molecule has 5 heteroatoms. The number of nitrogens with two attached hydrogens (primary N) is 1. The second-order valence-corrected chi connectivity index (χ2v) is 6.75. The Morgan fingerprint density at radius 1 is 1.36 bits per heavy atom. The Kier molecular flexibility index (Phi) is 4.02. The third kappa shape index (κ3) is 3.20. The van der Waals surface area contributed by atoms with Crippen LogP contribution in [0.3, 0.4) is 0 Å². The van der Waals surface area contributed by atoms with Gasteiger partial charge in [0.25, 0.3) is 0 Å². The lowest BCUT2D eigenvalue weighted by atomic mass is 9.80. The second-order valence-electron chi connectivity index (χ2n) is 6.75. The fourth-order valence-corrected chi connectivity index (χ4v) is 2.95. The molecule has 1 atom stereocenters. The fraction of sp³-hybridized carbons (Fsp3) is 0.471. The van der Waals surface area contributed by atoms with Crippen LogP contribution in [-0.2, 0) is 6.54 Å². The Morgan fingerprint density at radius 2 is 2.09 bits per heavy atom. The van der Waals surface area contributed by atoms with Gasteiger partial charge in [-0.3, -0.25) is 4.90 Å². The van der Waals surface area contributed by atoms with Gasteiger partial charge < -0.3 is 10.2 Å². The maximum Gasteiger partial charge on any atom is 0.226 e. The van der Waals surface area contributed by atoms with Crippen molar-refractivity contribution >= 4 is 0 Å². The Bertz CT molecular complexity index is 636. The molecule has 0 radical (unpaired) electrons. The number of hydrogen-bond acceptors (Lipinski definition) is 4. The van der Waals surface area contributed by atoms with E-state index in [0.29, 0.717) is 5.89 Å². The van der Waals surface area contributed by atoms with Gasteiger partial charge in [-0.25, -0.2) is 9.37 Å². The van der Waals surface area contributed by atoms with Gasteiger partial charge in [-0.15, -0.1) is 0 Å². The molecule has 1 fully saturated rings. The van der Waals surface area contributed by atoms with Crippen LogP contribution in [0.4, 0.5) is 4.39 Å². The molecule has 1 unspecified atom stereocenters. The lowest BCUT2D eigenvalue weighted by molar-refractivity contribution is 0.0889. The predicted molar refractivity (Wildman–Crippen MR) is 83.5 cm³/mol. The highest BCUT2D eigenvalue weighted by atomic mass is 19.1. The van der Waals surface area contributed by atoms with Gasteiger partial charge in [0.2, 0.25) is 5.89 Å². The lowest BCUT2D eigenvalue weighted by Gasteiger charge is -2.42. The largest absolute Gasteiger partial charge is 0.444 e. The molecule has 1 aromatic carbocycles. The standard InChI is InChI=1S/C17H22FN3O/c1-17(2)11-21(8-7-15(17)19)9-14-10-22-16(20-14)12-3-5-13(18)6-4-12/h3-6,10,15H,7-9,11,19H2,1-2H3. The molecule has 4 nitrogen and oxygen atoms in total. The van der Waals surface area contributed by atoms with E-state index in [2.05, 4.69) is 23.7 Å². The zero-order valence-electron chi connectivity index (χ0n) is 13.1. The Labute approximate surface area is 130 Å². The molecule has 22 heavy (non-hydrogen) atoms. The van der Waals surface area contributed by atoms with E-state index < -0.39 is 0 Å². The summed E-state index contributed by atoms with van der Waals surface area (Å²) in [6, 6.07) is 6.42. The maximum absolute atomic E-state index is 13.0. The highest BCUT2D eigenvalue weighted by molar-refractivity contribution is 5.52. The van der Waals surface area contributed by atoms with Crippen LogP contribution in [0, 0.1) is 11.2 Å². The van der Waals surface area contributed by atoms with E-state index >= 15 is 0 Å². The average molecular weight is 303 g/mol. The number of benzene rings is 1. The van der Waals surface area contributed by atoms with Crippen LogP contribution in [0.15, 0.2) is 34.9 Å². The van der Waals surface area contributed by atoms with Crippen molar-refractivity contribution in [3.8, 4) is 11.5 Å². The predicted octanol–water partition coefficient (Wildman–Crippen LogP) is 3.04. The van der Waals surface area contributed by atoms with Crippen LogP contribution in [0.2, 0.25) is 0 Å². The molecule has 2 heterocycles. The molecule has 118 valence electrons. The molecule has 1 aromatic heterocycles. The van der Waals surface area contributed by atoms with Gasteiger partial charge in [0.15, 0.2) is 0 Å². The summed E-state index contributed by atoms with van der Waals surface area (Å²) in [5.74, 6) is 0.269. The highest BCUT2D eigenvalue weighted by Crippen LogP contribution is 2.29. The number of oxazole rings is 1. The van der Waals surface area contributed by atoms with E-state index in [0.717, 1.165) is 37.3 Å². The van der Waals surface area contributed by atoms with Gasteiger partial charge in [0, 0.05) is 31.2 Å². The van der Waals surface area contributed by atoms with Crippen molar-refractivity contribution in [3.05, 3.63) is 42.0 Å². The number of likely N-dealkylation sites (tertiary alicyclic amines) is 1. The normalized spacial score (nSPS) is 21.9. The van der Waals surface area contributed by atoms with Gasteiger partial charge in [-0.1, -0.05) is 13.8 Å². The number of rotatable bonds is 3. The fourth-order valence-electron chi connectivity index (χ4n) is 2.95. The van der Waals surface area contributed by atoms with Crippen LogP contribution < -0.4 is 5.73 Å². The zero-order valence-corrected chi connectivity index (χ0v) is 13.1. The molecule has 0 bridgehead atoms. The van der Waals surface area contributed by atoms with Gasteiger partial charge in [0.1, 0.15) is 12.1 Å². The van der Waals surface area contributed by atoms with Gasteiger partial charge in [-0.2, -0.15) is 0 Å². The van der Waals surface area contributed by atoms with Crippen molar-refractivity contribution in [2.24, 2.45) is 11.1 Å². The minimum absolute atomic E-state index is 0.113. The van der Waals surface area contributed by atoms with Crippen molar-refractivity contribution in [2.75, 3.05) is 13.1 Å². The third-order valence-corrected chi connectivity index (χ3v) is 4.42. The summed E-state index contributed by atoms with van der Waals surface area (Å²) in [6.07, 6.45) is 2.68. The molecule has 1 aliphatic heterocycles. The summed E-state index contributed by atoms with van der Waals surface area (Å²) < 4.78 is 18.5. The van der Waals surface area contributed by atoms with E-state index in [1.54, 1.807) is 18.4 Å². The van der Waals surface area contributed by atoms with Crippen LogP contribution in [0.5, 0.6) is 0 Å². The summed E-state index contributed by atoms with van der Waals surface area (Å²) in [4.78, 5) is 6.87. The Hall–Kier alpha value is -1.72. The molecular weight excluding hydrogens is 281 g/mol. The molecule has 2 N–H and O–H groups in total. The molecule has 0 spiro atoms. The SMILES string of the molecule is CC1(C)CN(Cc2coc(-c3ccc(F)cc3)n2)CCC1N. The van der Waals surface area contributed by atoms with Crippen molar-refractivity contribution in [3.63, 3.8) is 0 Å². The zero-order chi connectivity index (χ0) is 15.7. The van der Waals surface area contributed by atoms with E-state index in [-0.39, 0.29) is 17.3 Å². The van der Waals surface area contributed by atoms with Crippen molar-refractivity contribution in [1.82, 2.24) is 9.88 Å². The Morgan fingerprint density at radius 3 is 2.77 bits per heavy atom. The lowest BCUT2D eigenvalue weighted by Crippen LogP contribution is -2.52. The number of piperidine rings is 1. The van der Waals surface area contributed by atoms with Crippen LogP contribution in [0.1, 0.15) is 26.0 Å². The Balaban J connectivity index is 1.68. The minimum Gasteiger partial charge on any atom is -0.444 e. The van der Waals surface area contributed by atoms with Gasteiger partial charge >= 0.3 is 0 Å². The van der Waals surface area contributed by atoms with E-state index in [1.807, 2.05) is 0 Å². The summed E-state index contributed by atoms with van der Waals surface area (Å²) in [6.45, 7) is 7.09. The van der Waals surface area contributed by atoms with Crippen LogP contribution in [-0.4, -0.2) is 29.0 Å². The first-order valence-corrected chi connectivity index (χ1v) is 7.62. The molecule has 0 amide bonds. The summed E-state index contributed by atoms with van der Waals surface area (Å²) in [5, 5.41) is 0. The average Bonchev–Trinajstić information content (AvgIpc) is 2.92. The monoisotopic (exact) mass is 303 g/mol. The topological polar surface area (TPSA) is 55.3 Å². The minimum atomic E-state index is -0.262. The smallest absolute Gasteiger partial charge is 0.226 e. The number of hydrogen-bond donors (Lipinski definition) is 1. The molecule has 0 saturated carbocycles. The molecule has 1 saturated heterocycles. The summed E-state index contributed by atoms with van der Waals surface area (Å²) >= 11 is 0. The first kappa shape index (κ1) is 15.2. The van der Waals surface area contributed by atoms with E-state index in [4.69, 9.17) is 10.2 Å². The number of halogens is 1. The first-order valence-electron chi connectivity index (χ1n) is 7.62. The van der Waals surface area contributed by atoms with E-state index in [9.17, 15) is 4.39 Å². The molecule has 0 aliphatic carbocycles. The van der Waals surface area contributed by atoms with Gasteiger partial charge in [0.05, 0.1) is 5.69 Å². The molecule has 1 aliphatic rings. The molecular formula is C17H22FN3O. The van der Waals surface area contributed by atoms with Gasteiger partial charge in [-0.05, 0) is 36.1 Å². The summed E-state index contributed by atoms with van der Waals surface area (Å²) in [7, 11) is 0. The van der Waals surface area contributed by atoms with Crippen molar-refractivity contribution < 1.29 is 8.81 Å². The number of aromatic nitrogens is 1. The molecule has 2 aromatic rings. The second kappa shape index (κ2) is 5.82. The maximum atomic E-state index is 13.0. The summed E-state index contributed by atoms with van der Waals surface area (Å²) in [5.41, 5.74) is 7.96. The highest BCUT2D eigenvalue weighted by Gasteiger charge is 2.33. The quantitative estimate of drug-likeness (QED) is 0.947. The van der Waals surface area contributed by atoms with Crippen molar-refractivity contribution in [2.45, 2.75) is 32.9 Å². The third-order valence-electron chi connectivity index (χ3n) is 4.42. The van der Waals surface area contributed by atoms with E-state index in [1.165, 1.54) is 12.1 Å². The first-order chi connectivity index (χ1) is 10.4. The number of nitrogens with zero attached hydrogens (tertiary/aromatic N) is 2. The van der Waals surface area contributed by atoms with Crippen LogP contribution in [0.25, 0.3) is 11.5 Å². The van der Waals surface area contributed by atoms with Crippen LogP contribution >= 0.6 is 0 Å². The molecule has 3 rings (SSSR count).